The lowest BCUT2D eigenvalue weighted by atomic mass is 10.2. The highest BCUT2D eigenvalue weighted by molar-refractivity contribution is 7.91. The molecule has 0 bridgehead atoms. The van der Waals surface area contributed by atoms with Crippen molar-refractivity contribution in [2.45, 2.75) is 24.3 Å². The van der Waals surface area contributed by atoms with Gasteiger partial charge in [0.2, 0.25) is 0 Å². The lowest BCUT2D eigenvalue weighted by Gasteiger charge is -2.12. The van der Waals surface area contributed by atoms with Crippen LogP contribution in [0.5, 0.6) is 0 Å². The van der Waals surface area contributed by atoms with Gasteiger partial charge in [-0.15, -0.1) is 0 Å². The van der Waals surface area contributed by atoms with Crippen molar-refractivity contribution in [3.63, 3.8) is 0 Å². The van der Waals surface area contributed by atoms with Crippen LogP contribution in [-0.2, 0) is 15.6 Å². The molecule has 0 fully saturated rings. The van der Waals surface area contributed by atoms with E-state index in [0.717, 1.165) is 6.07 Å². The molecule has 0 saturated carbocycles. The van der Waals surface area contributed by atoms with Crippen molar-refractivity contribution in [1.82, 2.24) is 0 Å². The van der Waals surface area contributed by atoms with E-state index in [4.69, 9.17) is 17.3 Å². The fourth-order valence-electron chi connectivity index (χ4n) is 1.41. The van der Waals surface area contributed by atoms with Gasteiger partial charge in [0.15, 0.2) is 9.84 Å². The maximum absolute atomic E-state index is 12.8. The first-order chi connectivity index (χ1) is 7.86. The third kappa shape index (κ3) is 3.94. The lowest BCUT2D eigenvalue weighted by Crippen LogP contribution is -2.22. The molecule has 1 rings (SSSR count). The smallest absolute Gasteiger partial charge is 0.157 e. The Morgan fingerprint density at radius 2 is 2.12 bits per heavy atom. The molecule has 0 aliphatic heterocycles. The summed E-state index contributed by atoms with van der Waals surface area (Å²) in [4.78, 5) is 0. The molecule has 1 atom stereocenters. The first-order valence-electron chi connectivity index (χ1n) is 5.22. The van der Waals surface area contributed by atoms with Crippen LogP contribution in [0, 0.1) is 5.82 Å². The second-order valence-electron chi connectivity index (χ2n) is 3.93. The molecule has 1 aromatic carbocycles. The van der Waals surface area contributed by atoms with E-state index in [2.05, 4.69) is 0 Å². The van der Waals surface area contributed by atoms with Gasteiger partial charge in [-0.25, -0.2) is 12.8 Å². The van der Waals surface area contributed by atoms with Gasteiger partial charge < -0.3 is 5.73 Å². The summed E-state index contributed by atoms with van der Waals surface area (Å²) in [6, 6.07) is 3.70. The Kier molecular flexibility index (Phi) is 4.91. The number of hydrogen-bond acceptors (Lipinski definition) is 3. The largest absolute Gasteiger partial charge is 0.330 e. The molecule has 0 spiro atoms. The molecule has 6 heteroatoms. The van der Waals surface area contributed by atoms with Crippen LogP contribution in [0.25, 0.3) is 0 Å². The molecule has 0 aliphatic carbocycles. The van der Waals surface area contributed by atoms with Crippen LogP contribution in [-0.4, -0.2) is 20.2 Å². The minimum Gasteiger partial charge on any atom is -0.330 e. The molecule has 17 heavy (non-hydrogen) atoms. The van der Waals surface area contributed by atoms with E-state index in [1.807, 2.05) is 0 Å². The highest BCUT2D eigenvalue weighted by Gasteiger charge is 2.21. The second kappa shape index (κ2) is 5.80. The summed E-state index contributed by atoms with van der Waals surface area (Å²) >= 11 is 5.79. The summed E-state index contributed by atoms with van der Waals surface area (Å²) in [7, 11) is -3.30. The minimum absolute atomic E-state index is 0.133. The van der Waals surface area contributed by atoms with Crippen molar-refractivity contribution < 1.29 is 12.8 Å². The molecule has 0 aliphatic rings. The predicted molar refractivity (Wildman–Crippen MR) is 67.2 cm³/mol. The first-order valence-corrected chi connectivity index (χ1v) is 7.31. The van der Waals surface area contributed by atoms with Crippen molar-refractivity contribution in [3.05, 3.63) is 34.6 Å². The molecule has 0 amide bonds. The van der Waals surface area contributed by atoms with Crippen molar-refractivity contribution >= 4 is 21.4 Å². The number of rotatable bonds is 5. The fraction of sp³-hybridized carbons (Fsp3) is 0.455. The zero-order chi connectivity index (χ0) is 13.1. The third-order valence-electron chi connectivity index (χ3n) is 2.56. The Bertz CT molecular complexity index is 490. The van der Waals surface area contributed by atoms with Gasteiger partial charge in [0.25, 0.3) is 0 Å². The zero-order valence-corrected chi connectivity index (χ0v) is 11.1. The van der Waals surface area contributed by atoms with Crippen LogP contribution in [0.4, 0.5) is 4.39 Å². The van der Waals surface area contributed by atoms with E-state index in [-0.39, 0.29) is 10.8 Å². The molecular weight excluding hydrogens is 265 g/mol. The summed E-state index contributed by atoms with van der Waals surface area (Å²) in [5, 5.41) is -0.387. The normalized spacial score (nSPS) is 13.6. The van der Waals surface area contributed by atoms with Gasteiger partial charge >= 0.3 is 0 Å². The fourth-order valence-corrected chi connectivity index (χ4v) is 3.19. The third-order valence-corrected chi connectivity index (χ3v) is 5.09. The Labute approximate surface area is 106 Å². The van der Waals surface area contributed by atoms with Gasteiger partial charge in [-0.1, -0.05) is 17.7 Å². The van der Waals surface area contributed by atoms with Crippen molar-refractivity contribution in [2.75, 3.05) is 6.54 Å². The topological polar surface area (TPSA) is 60.2 Å². The highest BCUT2D eigenvalue weighted by Crippen LogP contribution is 2.21. The van der Waals surface area contributed by atoms with Gasteiger partial charge in [-0.05, 0) is 37.6 Å². The predicted octanol–water partition coefficient (Wildman–Crippen LogP) is 2.13. The van der Waals surface area contributed by atoms with Crippen LogP contribution >= 0.6 is 11.6 Å². The Hall–Kier alpha value is -0.650. The van der Waals surface area contributed by atoms with E-state index >= 15 is 0 Å². The van der Waals surface area contributed by atoms with E-state index in [1.54, 1.807) is 6.92 Å². The number of hydrogen-bond donors (Lipinski definition) is 1. The summed E-state index contributed by atoms with van der Waals surface area (Å²) in [6.07, 6.45) is 0.404. The van der Waals surface area contributed by atoms with Gasteiger partial charge in [0.05, 0.1) is 11.0 Å². The number of halogens is 2. The maximum atomic E-state index is 12.8. The van der Waals surface area contributed by atoms with E-state index in [0.29, 0.717) is 18.5 Å². The van der Waals surface area contributed by atoms with Gasteiger partial charge in [-0.3, -0.25) is 0 Å². The SMILES string of the molecule is CC(CCN)S(=O)(=O)Cc1ccc(F)cc1Cl. The Balaban J connectivity index is 2.90. The van der Waals surface area contributed by atoms with Crippen molar-refractivity contribution in [3.8, 4) is 0 Å². The Morgan fingerprint density at radius 3 is 2.65 bits per heavy atom. The Morgan fingerprint density at radius 1 is 1.47 bits per heavy atom. The molecule has 3 nitrogen and oxygen atoms in total. The average Bonchev–Trinajstić information content (AvgIpc) is 2.22. The summed E-state index contributed by atoms with van der Waals surface area (Å²) in [6.45, 7) is 1.93. The molecular formula is C11H15ClFNO2S. The molecule has 0 radical (unpaired) electrons. The average molecular weight is 280 g/mol. The van der Waals surface area contributed by atoms with Crippen molar-refractivity contribution in [1.29, 1.82) is 0 Å². The lowest BCUT2D eigenvalue weighted by molar-refractivity contribution is 0.577. The van der Waals surface area contributed by atoms with Gasteiger partial charge in [0, 0.05) is 5.02 Å². The molecule has 0 aromatic heterocycles. The molecule has 2 N–H and O–H groups in total. The molecule has 0 saturated heterocycles. The highest BCUT2D eigenvalue weighted by atomic mass is 35.5. The van der Waals surface area contributed by atoms with E-state index < -0.39 is 20.9 Å². The molecule has 96 valence electrons. The van der Waals surface area contributed by atoms with Crippen LogP contribution in [0.2, 0.25) is 5.02 Å². The molecule has 1 unspecified atom stereocenters. The number of benzene rings is 1. The van der Waals surface area contributed by atoms with Crippen LogP contribution in [0.15, 0.2) is 18.2 Å². The second-order valence-corrected chi connectivity index (χ2v) is 6.76. The van der Waals surface area contributed by atoms with Gasteiger partial charge in [0.1, 0.15) is 5.82 Å². The molecule has 1 aromatic rings. The minimum atomic E-state index is -3.30. The summed E-state index contributed by atoms with van der Waals surface area (Å²) < 4.78 is 36.6. The summed E-state index contributed by atoms with van der Waals surface area (Å²) in [5.41, 5.74) is 5.74. The number of nitrogens with two attached hydrogens (primary N) is 1. The standard InChI is InChI=1S/C11H15ClFNO2S/c1-8(4-5-14)17(15,16)7-9-2-3-10(13)6-11(9)12/h2-3,6,8H,4-5,7,14H2,1H3. The van der Waals surface area contributed by atoms with Crippen LogP contribution < -0.4 is 5.73 Å². The van der Waals surface area contributed by atoms with Crippen LogP contribution in [0.1, 0.15) is 18.9 Å². The van der Waals surface area contributed by atoms with Gasteiger partial charge in [-0.2, -0.15) is 0 Å². The summed E-state index contributed by atoms with van der Waals surface area (Å²) in [5.74, 6) is -0.668. The van der Waals surface area contributed by atoms with E-state index in [9.17, 15) is 12.8 Å². The quantitative estimate of drug-likeness (QED) is 0.898. The zero-order valence-electron chi connectivity index (χ0n) is 9.49. The van der Waals surface area contributed by atoms with Crippen LogP contribution in [0.3, 0.4) is 0 Å². The number of sulfone groups is 1. The maximum Gasteiger partial charge on any atom is 0.157 e. The van der Waals surface area contributed by atoms with E-state index in [1.165, 1.54) is 12.1 Å². The first kappa shape index (κ1) is 14.4. The monoisotopic (exact) mass is 279 g/mol. The molecule has 0 heterocycles. The van der Waals surface area contributed by atoms with Crippen molar-refractivity contribution in [2.24, 2.45) is 5.73 Å².